The predicted molar refractivity (Wildman–Crippen MR) is 68.5 cm³/mol. The van der Waals surface area contributed by atoms with E-state index in [0.29, 0.717) is 19.1 Å². The minimum atomic E-state index is -0.0411. The second kappa shape index (κ2) is 6.77. The van der Waals surface area contributed by atoms with Crippen LogP contribution >= 0.6 is 0 Å². The zero-order valence-corrected chi connectivity index (χ0v) is 11.1. The number of carbonyl (C=O) groups is 1. The topological polar surface area (TPSA) is 55.6 Å². The lowest BCUT2D eigenvalue weighted by molar-refractivity contribution is -0.135. The van der Waals surface area contributed by atoms with E-state index in [1.807, 2.05) is 17.1 Å². The van der Waals surface area contributed by atoms with Gasteiger partial charge in [0.25, 0.3) is 0 Å². The van der Waals surface area contributed by atoms with E-state index in [4.69, 9.17) is 10.5 Å². The summed E-state index contributed by atoms with van der Waals surface area (Å²) >= 11 is 0. The van der Waals surface area contributed by atoms with Gasteiger partial charge in [-0.05, 0) is 12.3 Å². The largest absolute Gasteiger partial charge is 0.383 e. The maximum Gasteiger partial charge on any atom is 0.229 e. The molecule has 0 fully saturated rings. The highest BCUT2D eigenvalue weighted by atomic mass is 16.5. The first-order valence-corrected chi connectivity index (χ1v) is 6.26. The molecule has 4 nitrogen and oxygen atoms in total. The van der Waals surface area contributed by atoms with E-state index < -0.39 is 0 Å². The molecule has 4 heteroatoms. The van der Waals surface area contributed by atoms with Crippen molar-refractivity contribution >= 4 is 5.91 Å². The van der Waals surface area contributed by atoms with Gasteiger partial charge in [0.1, 0.15) is 0 Å². The van der Waals surface area contributed by atoms with Gasteiger partial charge in [0.2, 0.25) is 5.91 Å². The van der Waals surface area contributed by atoms with Crippen LogP contribution in [0, 0.1) is 11.8 Å². The highest BCUT2D eigenvalue weighted by Gasteiger charge is 2.27. The minimum absolute atomic E-state index is 0.0345. The number of ether oxygens (including phenoxy) is 1. The molecule has 0 radical (unpaired) electrons. The number of methoxy groups -OCH3 is 1. The van der Waals surface area contributed by atoms with Crippen LogP contribution in [-0.4, -0.2) is 43.7 Å². The van der Waals surface area contributed by atoms with Gasteiger partial charge in [-0.1, -0.05) is 26.0 Å². The van der Waals surface area contributed by atoms with Crippen molar-refractivity contribution in [2.45, 2.75) is 26.3 Å². The van der Waals surface area contributed by atoms with E-state index in [0.717, 1.165) is 13.0 Å². The number of nitrogens with two attached hydrogens (primary N) is 1. The minimum Gasteiger partial charge on any atom is -0.383 e. The van der Waals surface area contributed by atoms with E-state index >= 15 is 0 Å². The maximum absolute atomic E-state index is 12.3. The molecule has 17 heavy (non-hydrogen) atoms. The molecule has 2 atom stereocenters. The fraction of sp³-hybridized carbons (Fsp3) is 0.769. The van der Waals surface area contributed by atoms with E-state index in [-0.39, 0.29) is 17.9 Å². The summed E-state index contributed by atoms with van der Waals surface area (Å²) in [7, 11) is 1.66. The molecule has 1 aliphatic carbocycles. The summed E-state index contributed by atoms with van der Waals surface area (Å²) in [5.74, 6) is 0.607. The Morgan fingerprint density at radius 1 is 1.53 bits per heavy atom. The van der Waals surface area contributed by atoms with Crippen molar-refractivity contribution in [2.75, 3.05) is 26.8 Å². The SMILES string of the molecule is COCCN(CC(C)C)C(=O)C1C=CC(N)C1. The average Bonchev–Trinajstić information content (AvgIpc) is 2.69. The van der Waals surface area contributed by atoms with Crippen LogP contribution < -0.4 is 5.73 Å². The van der Waals surface area contributed by atoms with Gasteiger partial charge in [-0.3, -0.25) is 4.79 Å². The number of hydrogen-bond acceptors (Lipinski definition) is 3. The molecule has 0 aromatic rings. The molecule has 0 aliphatic heterocycles. The monoisotopic (exact) mass is 240 g/mol. The molecule has 0 aromatic carbocycles. The summed E-state index contributed by atoms with van der Waals surface area (Å²) in [5, 5.41) is 0. The van der Waals surface area contributed by atoms with Crippen LogP contribution in [0.25, 0.3) is 0 Å². The molecule has 0 bridgehead atoms. The Bertz CT molecular complexity index is 277. The highest BCUT2D eigenvalue weighted by Crippen LogP contribution is 2.19. The molecule has 1 rings (SSSR count). The lowest BCUT2D eigenvalue weighted by atomic mass is 10.1. The lowest BCUT2D eigenvalue weighted by Crippen LogP contribution is -2.40. The summed E-state index contributed by atoms with van der Waals surface area (Å²) in [5.41, 5.74) is 5.78. The van der Waals surface area contributed by atoms with Gasteiger partial charge in [0.15, 0.2) is 0 Å². The quantitative estimate of drug-likeness (QED) is 0.705. The summed E-state index contributed by atoms with van der Waals surface area (Å²) in [6.07, 6.45) is 4.60. The molecule has 0 saturated carbocycles. The summed E-state index contributed by atoms with van der Waals surface area (Å²) in [6, 6.07) is 0.0345. The van der Waals surface area contributed by atoms with Gasteiger partial charge in [-0.2, -0.15) is 0 Å². The fourth-order valence-electron chi connectivity index (χ4n) is 2.08. The van der Waals surface area contributed by atoms with Crippen molar-refractivity contribution in [3.05, 3.63) is 12.2 Å². The number of hydrogen-bond donors (Lipinski definition) is 1. The molecule has 2 unspecified atom stereocenters. The third-order valence-electron chi connectivity index (χ3n) is 2.90. The van der Waals surface area contributed by atoms with Crippen molar-refractivity contribution < 1.29 is 9.53 Å². The Kier molecular flexibility index (Phi) is 5.65. The first-order valence-electron chi connectivity index (χ1n) is 6.26. The molecule has 0 heterocycles. The molecule has 0 saturated heterocycles. The summed E-state index contributed by atoms with van der Waals surface area (Å²) in [6.45, 7) is 6.25. The van der Waals surface area contributed by atoms with Crippen molar-refractivity contribution in [2.24, 2.45) is 17.6 Å². The zero-order chi connectivity index (χ0) is 12.8. The molecule has 98 valence electrons. The van der Waals surface area contributed by atoms with Crippen LogP contribution in [0.1, 0.15) is 20.3 Å². The van der Waals surface area contributed by atoms with Crippen LogP contribution in [0.2, 0.25) is 0 Å². The van der Waals surface area contributed by atoms with Gasteiger partial charge in [-0.15, -0.1) is 0 Å². The van der Waals surface area contributed by atoms with Crippen molar-refractivity contribution in [1.29, 1.82) is 0 Å². The first-order chi connectivity index (χ1) is 8.04. The summed E-state index contributed by atoms with van der Waals surface area (Å²) in [4.78, 5) is 14.2. The Morgan fingerprint density at radius 3 is 2.71 bits per heavy atom. The smallest absolute Gasteiger partial charge is 0.229 e. The third-order valence-corrected chi connectivity index (χ3v) is 2.90. The Hall–Kier alpha value is -0.870. The fourth-order valence-corrected chi connectivity index (χ4v) is 2.08. The van der Waals surface area contributed by atoms with Crippen LogP contribution in [0.15, 0.2) is 12.2 Å². The molecular formula is C13H24N2O2. The Labute approximate surface area is 104 Å². The molecule has 0 aromatic heterocycles. The van der Waals surface area contributed by atoms with E-state index in [1.54, 1.807) is 7.11 Å². The van der Waals surface area contributed by atoms with Gasteiger partial charge in [-0.25, -0.2) is 0 Å². The lowest BCUT2D eigenvalue weighted by Gasteiger charge is -2.26. The van der Waals surface area contributed by atoms with E-state index in [9.17, 15) is 4.79 Å². The molecule has 2 N–H and O–H groups in total. The third kappa shape index (κ3) is 4.48. The van der Waals surface area contributed by atoms with Crippen molar-refractivity contribution in [1.82, 2.24) is 4.90 Å². The standard InChI is InChI=1S/C13H24N2O2/c1-10(2)9-15(6-7-17-3)13(16)11-4-5-12(14)8-11/h4-5,10-12H,6-9,14H2,1-3H3. The number of nitrogens with zero attached hydrogens (tertiary/aromatic N) is 1. The normalized spacial score (nSPS) is 23.4. The van der Waals surface area contributed by atoms with Gasteiger partial charge < -0.3 is 15.4 Å². The van der Waals surface area contributed by atoms with Gasteiger partial charge in [0, 0.05) is 26.2 Å². The Balaban J connectivity index is 2.55. The van der Waals surface area contributed by atoms with Crippen molar-refractivity contribution in [3.8, 4) is 0 Å². The van der Waals surface area contributed by atoms with Crippen molar-refractivity contribution in [3.63, 3.8) is 0 Å². The van der Waals surface area contributed by atoms with E-state index in [1.165, 1.54) is 0 Å². The van der Waals surface area contributed by atoms with E-state index in [2.05, 4.69) is 13.8 Å². The molecule has 1 amide bonds. The van der Waals surface area contributed by atoms with Gasteiger partial charge in [0.05, 0.1) is 12.5 Å². The van der Waals surface area contributed by atoms with Crippen LogP contribution in [0.5, 0.6) is 0 Å². The number of carbonyl (C=O) groups excluding carboxylic acids is 1. The number of rotatable bonds is 6. The number of amides is 1. The van der Waals surface area contributed by atoms with Crippen LogP contribution in [0.3, 0.4) is 0 Å². The van der Waals surface area contributed by atoms with Crippen LogP contribution in [0.4, 0.5) is 0 Å². The summed E-state index contributed by atoms with van der Waals surface area (Å²) < 4.78 is 5.05. The second-order valence-corrected chi connectivity index (χ2v) is 5.06. The second-order valence-electron chi connectivity index (χ2n) is 5.06. The molecule has 0 spiro atoms. The molecule has 1 aliphatic rings. The maximum atomic E-state index is 12.3. The predicted octanol–water partition coefficient (Wildman–Crippen LogP) is 1.02. The van der Waals surface area contributed by atoms with Gasteiger partial charge >= 0.3 is 0 Å². The highest BCUT2D eigenvalue weighted by molar-refractivity contribution is 5.81. The first kappa shape index (κ1) is 14.2. The molecular weight excluding hydrogens is 216 g/mol. The Morgan fingerprint density at radius 2 is 2.24 bits per heavy atom. The average molecular weight is 240 g/mol. The van der Waals surface area contributed by atoms with Crippen LogP contribution in [-0.2, 0) is 9.53 Å². The zero-order valence-electron chi connectivity index (χ0n) is 11.1.